The van der Waals surface area contributed by atoms with Crippen molar-refractivity contribution in [2.75, 3.05) is 26.1 Å². The van der Waals surface area contributed by atoms with Crippen LogP contribution in [0.4, 0.5) is 5.82 Å². The van der Waals surface area contributed by atoms with Crippen molar-refractivity contribution in [3.05, 3.63) is 178 Å². The van der Waals surface area contributed by atoms with Gasteiger partial charge in [0.15, 0.2) is 5.82 Å². The number of methoxy groups -OCH3 is 2. The molecule has 7 rings (SSSR count). The van der Waals surface area contributed by atoms with Gasteiger partial charge in [-0.25, -0.2) is 4.79 Å². The number of carbonyl (C=O) groups excluding carboxylic acids is 2. The first kappa shape index (κ1) is 39.6. The number of rotatable bonds is 14. The van der Waals surface area contributed by atoms with Gasteiger partial charge in [0, 0.05) is 26.1 Å². The average Bonchev–Trinajstić information content (AvgIpc) is 3.63. The molecule has 1 aliphatic rings. The number of nitrogens with zero attached hydrogens (tertiary/aromatic N) is 2. The van der Waals surface area contributed by atoms with Gasteiger partial charge in [0.2, 0.25) is 5.91 Å². The summed E-state index contributed by atoms with van der Waals surface area (Å²) >= 11 is 0. The second-order valence-corrected chi connectivity index (χ2v) is 13.9. The molecular formula is C46H44N4O8. The molecule has 0 unspecified atom stereocenters. The zero-order valence-corrected chi connectivity index (χ0v) is 32.3. The first-order valence-electron chi connectivity index (χ1n) is 18.8. The van der Waals surface area contributed by atoms with Crippen LogP contribution in [0.1, 0.15) is 52.2 Å². The number of benzene rings is 5. The molecule has 296 valence electrons. The Bertz CT molecular complexity index is 2340. The lowest BCUT2D eigenvalue weighted by atomic mass is 9.80. The number of hydrogen-bond donors (Lipinski definition) is 3. The van der Waals surface area contributed by atoms with E-state index in [1.165, 1.54) is 13.1 Å². The van der Waals surface area contributed by atoms with Gasteiger partial charge in [-0.3, -0.25) is 14.2 Å². The molecule has 1 aromatic heterocycles. The van der Waals surface area contributed by atoms with Crippen molar-refractivity contribution in [3.8, 4) is 22.6 Å². The number of aliphatic hydroxyl groups is 1. The Balaban J connectivity index is 1.14. The second-order valence-electron chi connectivity index (χ2n) is 13.9. The highest BCUT2D eigenvalue weighted by Gasteiger charge is 2.42. The van der Waals surface area contributed by atoms with Crippen LogP contribution < -0.4 is 25.8 Å². The van der Waals surface area contributed by atoms with Gasteiger partial charge >= 0.3 is 5.69 Å². The van der Waals surface area contributed by atoms with Gasteiger partial charge in [-0.2, -0.15) is 4.98 Å². The number of hydrogen-bond acceptors (Lipinski definition) is 9. The topological polar surface area (TPSA) is 150 Å². The van der Waals surface area contributed by atoms with Crippen LogP contribution in [0, 0.1) is 0 Å². The fraction of sp³-hybridized carbons (Fsp3) is 0.217. The molecule has 0 saturated carbocycles. The maximum Gasteiger partial charge on any atom is 0.351 e. The SMILES string of the molecule is COc1ccc(C(OC[C@H]2O[C@@H](n3cc(C(=O)NCc4ccc(-c5ccccc5)cc4)c(NC(C)=O)nc3=O)C[C@@H]2O)(c2ccccc2)c2ccc(OC)cc2)cc1. The van der Waals surface area contributed by atoms with Crippen LogP contribution in [0.15, 0.2) is 144 Å². The lowest BCUT2D eigenvalue weighted by molar-refractivity contribution is -0.114. The predicted octanol–water partition coefficient (Wildman–Crippen LogP) is 6.47. The fourth-order valence-corrected chi connectivity index (χ4v) is 7.14. The highest BCUT2D eigenvalue weighted by Crippen LogP contribution is 2.43. The highest BCUT2D eigenvalue weighted by atomic mass is 16.6. The number of aliphatic hydroxyl groups excluding tert-OH is 1. The second kappa shape index (κ2) is 17.7. The van der Waals surface area contributed by atoms with E-state index in [0.29, 0.717) is 11.5 Å². The lowest BCUT2D eigenvalue weighted by Crippen LogP contribution is -2.38. The van der Waals surface area contributed by atoms with Gasteiger partial charge in [-0.1, -0.05) is 109 Å². The van der Waals surface area contributed by atoms with E-state index in [-0.39, 0.29) is 31.0 Å². The Morgan fingerprint density at radius 2 is 1.34 bits per heavy atom. The Hall–Kier alpha value is -6.60. The minimum Gasteiger partial charge on any atom is -0.497 e. The minimum atomic E-state index is -1.17. The fourth-order valence-electron chi connectivity index (χ4n) is 7.14. The van der Waals surface area contributed by atoms with Crippen molar-refractivity contribution in [3.63, 3.8) is 0 Å². The third-order valence-corrected chi connectivity index (χ3v) is 10.2. The van der Waals surface area contributed by atoms with Crippen molar-refractivity contribution < 1.29 is 33.6 Å². The summed E-state index contributed by atoms with van der Waals surface area (Å²) in [6, 6.07) is 42.6. The lowest BCUT2D eigenvalue weighted by Gasteiger charge is -2.37. The summed E-state index contributed by atoms with van der Waals surface area (Å²) in [4.78, 5) is 43.3. The molecule has 2 heterocycles. The standard InChI is InChI=1S/C46H44N4O8/c1-30(51)48-43-39(44(53)47-27-31-14-16-33(17-15-31)32-10-6-4-7-11-32)28-50(45(54)49-43)42-26-40(52)41(58-42)29-57-46(34-12-8-5-9-13-34,35-18-22-37(55-2)23-19-35)36-20-24-38(56-3)25-21-36/h4-25,28,40-42,52H,26-27,29H2,1-3H3,(H,47,53)(H,48,49,51,54)/t40-,41+,42+/m0/s1. The van der Waals surface area contributed by atoms with Crippen molar-refractivity contribution in [2.24, 2.45) is 0 Å². The molecule has 0 radical (unpaired) electrons. The minimum absolute atomic E-state index is 0.00727. The number of aromatic nitrogens is 2. The van der Waals surface area contributed by atoms with E-state index in [0.717, 1.165) is 37.9 Å². The molecule has 6 aromatic rings. The van der Waals surface area contributed by atoms with Crippen LogP contribution in [0.3, 0.4) is 0 Å². The van der Waals surface area contributed by atoms with E-state index in [2.05, 4.69) is 15.6 Å². The van der Waals surface area contributed by atoms with Gasteiger partial charge in [0.1, 0.15) is 29.4 Å². The van der Waals surface area contributed by atoms with Crippen LogP contribution in [-0.2, 0) is 26.4 Å². The molecule has 0 spiro atoms. The molecule has 3 N–H and O–H groups in total. The number of nitrogens with one attached hydrogen (secondary N) is 2. The zero-order valence-electron chi connectivity index (χ0n) is 32.3. The summed E-state index contributed by atoms with van der Waals surface area (Å²) in [6.45, 7) is 1.35. The van der Waals surface area contributed by atoms with E-state index >= 15 is 0 Å². The molecule has 1 fully saturated rings. The van der Waals surface area contributed by atoms with Crippen molar-refractivity contribution in [2.45, 2.75) is 43.9 Å². The molecule has 12 heteroatoms. The maximum atomic E-state index is 13.7. The number of ether oxygens (including phenoxy) is 4. The van der Waals surface area contributed by atoms with Gasteiger partial charge in [-0.15, -0.1) is 0 Å². The molecular weight excluding hydrogens is 737 g/mol. The Morgan fingerprint density at radius 3 is 1.91 bits per heavy atom. The van der Waals surface area contributed by atoms with Crippen LogP contribution in [0.2, 0.25) is 0 Å². The quantitative estimate of drug-likeness (QED) is 0.106. The molecule has 1 saturated heterocycles. The molecule has 5 aromatic carbocycles. The summed E-state index contributed by atoms with van der Waals surface area (Å²) < 4.78 is 25.4. The molecule has 0 aliphatic carbocycles. The molecule has 0 bridgehead atoms. The first-order valence-corrected chi connectivity index (χ1v) is 18.8. The van der Waals surface area contributed by atoms with Crippen LogP contribution in [0.25, 0.3) is 11.1 Å². The van der Waals surface area contributed by atoms with E-state index in [9.17, 15) is 19.5 Å². The van der Waals surface area contributed by atoms with Crippen LogP contribution in [-0.4, -0.2) is 59.5 Å². The molecule has 58 heavy (non-hydrogen) atoms. The largest absolute Gasteiger partial charge is 0.497 e. The monoisotopic (exact) mass is 780 g/mol. The third kappa shape index (κ3) is 8.54. The van der Waals surface area contributed by atoms with Gasteiger partial charge in [0.25, 0.3) is 5.91 Å². The summed E-state index contributed by atoms with van der Waals surface area (Å²) in [6.07, 6.45) is -1.63. The van der Waals surface area contributed by atoms with Crippen molar-refractivity contribution in [1.82, 2.24) is 14.9 Å². The van der Waals surface area contributed by atoms with Crippen LogP contribution in [0.5, 0.6) is 11.5 Å². The summed E-state index contributed by atoms with van der Waals surface area (Å²) in [5, 5.41) is 16.8. The Morgan fingerprint density at radius 1 is 0.793 bits per heavy atom. The van der Waals surface area contributed by atoms with Gasteiger partial charge in [0.05, 0.1) is 32.5 Å². The first-order chi connectivity index (χ1) is 28.2. The predicted molar refractivity (Wildman–Crippen MR) is 219 cm³/mol. The molecule has 2 amide bonds. The van der Waals surface area contributed by atoms with Gasteiger partial charge in [-0.05, 0) is 57.6 Å². The summed E-state index contributed by atoms with van der Waals surface area (Å²) in [5.74, 6) is 0.0902. The number of amides is 2. The number of anilines is 1. The summed E-state index contributed by atoms with van der Waals surface area (Å²) in [5.41, 5.74) is 3.38. The Labute approximate surface area is 336 Å². The van der Waals surface area contributed by atoms with Gasteiger partial charge < -0.3 is 34.7 Å². The zero-order chi connectivity index (χ0) is 40.6. The van der Waals surface area contributed by atoms with Crippen LogP contribution >= 0.6 is 0 Å². The Kier molecular flexibility index (Phi) is 12.1. The van der Waals surface area contributed by atoms with Crippen molar-refractivity contribution in [1.29, 1.82) is 0 Å². The average molecular weight is 781 g/mol. The normalized spacial score (nSPS) is 16.4. The molecule has 3 atom stereocenters. The smallest absolute Gasteiger partial charge is 0.351 e. The highest BCUT2D eigenvalue weighted by molar-refractivity contribution is 6.01. The van der Waals surface area contributed by atoms with E-state index in [1.54, 1.807) is 14.2 Å². The third-order valence-electron chi connectivity index (χ3n) is 10.2. The van der Waals surface area contributed by atoms with E-state index < -0.39 is 41.5 Å². The number of carbonyl (C=O) groups is 2. The maximum absolute atomic E-state index is 13.7. The summed E-state index contributed by atoms with van der Waals surface area (Å²) in [7, 11) is 3.20. The molecule has 1 aliphatic heterocycles. The van der Waals surface area contributed by atoms with E-state index in [1.807, 2.05) is 133 Å². The molecule has 12 nitrogen and oxygen atoms in total. The van der Waals surface area contributed by atoms with Crippen molar-refractivity contribution >= 4 is 17.6 Å². The van der Waals surface area contributed by atoms with E-state index in [4.69, 9.17) is 18.9 Å².